The summed E-state index contributed by atoms with van der Waals surface area (Å²) in [4.78, 5) is 10.4. The molecule has 0 aliphatic heterocycles. The Balaban J connectivity index is 2.24. The highest BCUT2D eigenvalue weighted by atomic mass is 16.5. The first-order chi connectivity index (χ1) is 5.40. The third kappa shape index (κ3) is 1.06. The number of carbonyl (C=O) groups excluding carboxylic acids is 1. The first kappa shape index (κ1) is 6.58. The average molecular weight is 151 g/mol. The molecule has 2 rings (SSSR count). The van der Waals surface area contributed by atoms with Gasteiger partial charge in [-0.3, -0.25) is 0 Å². The van der Waals surface area contributed by atoms with Crippen molar-refractivity contribution in [1.82, 2.24) is 5.16 Å². The maximum atomic E-state index is 10.4. The van der Waals surface area contributed by atoms with E-state index in [4.69, 9.17) is 4.52 Å². The molecule has 0 saturated carbocycles. The lowest BCUT2D eigenvalue weighted by Crippen LogP contribution is -2.13. The Kier molecular flexibility index (Phi) is 1.49. The van der Waals surface area contributed by atoms with Gasteiger partial charge < -0.3 is 9.32 Å². The molecule has 3 nitrogen and oxygen atoms in total. The van der Waals surface area contributed by atoms with E-state index in [9.17, 15) is 4.79 Å². The minimum absolute atomic E-state index is 0.149. The van der Waals surface area contributed by atoms with Crippen LogP contribution in [0.5, 0.6) is 0 Å². The van der Waals surface area contributed by atoms with Crippen LogP contribution in [0.1, 0.15) is 17.7 Å². The summed E-state index contributed by atoms with van der Waals surface area (Å²) in [5.41, 5.74) is 1.17. The number of fused-ring (bicyclic) bond motifs is 1. The lowest BCUT2D eigenvalue weighted by atomic mass is 9.90. The number of aldehydes is 1. The van der Waals surface area contributed by atoms with Crippen LogP contribution in [0.2, 0.25) is 0 Å². The Morgan fingerprint density at radius 2 is 2.64 bits per heavy atom. The number of rotatable bonds is 1. The van der Waals surface area contributed by atoms with Gasteiger partial charge in [-0.2, -0.15) is 0 Å². The van der Waals surface area contributed by atoms with Crippen LogP contribution in [0.4, 0.5) is 0 Å². The summed E-state index contributed by atoms with van der Waals surface area (Å²) >= 11 is 0. The number of hydrogen-bond donors (Lipinski definition) is 0. The van der Waals surface area contributed by atoms with Crippen molar-refractivity contribution in [2.75, 3.05) is 0 Å². The van der Waals surface area contributed by atoms with Gasteiger partial charge in [0, 0.05) is 17.9 Å². The molecule has 0 bridgehead atoms. The predicted molar refractivity (Wildman–Crippen MR) is 38.1 cm³/mol. The number of nitrogens with zero attached hydrogens (tertiary/aromatic N) is 1. The first-order valence-corrected chi connectivity index (χ1v) is 3.78. The molecule has 0 fully saturated rings. The quantitative estimate of drug-likeness (QED) is 0.562. The predicted octanol–water partition coefficient (Wildman–Crippen LogP) is 0.978. The van der Waals surface area contributed by atoms with E-state index in [2.05, 4.69) is 5.16 Å². The zero-order chi connectivity index (χ0) is 7.68. The summed E-state index contributed by atoms with van der Waals surface area (Å²) in [6.45, 7) is 0. The van der Waals surface area contributed by atoms with Crippen LogP contribution >= 0.6 is 0 Å². The van der Waals surface area contributed by atoms with Gasteiger partial charge in [0.2, 0.25) is 0 Å². The average Bonchev–Trinajstić information content (AvgIpc) is 2.50. The van der Waals surface area contributed by atoms with E-state index >= 15 is 0 Å². The molecular weight excluding hydrogens is 142 g/mol. The number of hydrogen-bond acceptors (Lipinski definition) is 3. The Morgan fingerprint density at radius 3 is 3.45 bits per heavy atom. The van der Waals surface area contributed by atoms with Crippen LogP contribution < -0.4 is 0 Å². The molecule has 1 aromatic heterocycles. The van der Waals surface area contributed by atoms with Gasteiger partial charge in [0.15, 0.2) is 0 Å². The van der Waals surface area contributed by atoms with Gasteiger partial charge in [0.25, 0.3) is 0 Å². The van der Waals surface area contributed by atoms with Crippen LogP contribution in [0, 0.1) is 5.92 Å². The summed E-state index contributed by atoms with van der Waals surface area (Å²) in [6.07, 6.45) is 5.36. The van der Waals surface area contributed by atoms with Gasteiger partial charge in [-0.15, -0.1) is 0 Å². The summed E-state index contributed by atoms with van der Waals surface area (Å²) in [7, 11) is 0. The molecule has 0 radical (unpaired) electrons. The fourth-order valence-electron chi connectivity index (χ4n) is 1.45. The van der Waals surface area contributed by atoms with Crippen molar-refractivity contribution in [1.29, 1.82) is 0 Å². The normalized spacial score (nSPS) is 22.7. The molecule has 11 heavy (non-hydrogen) atoms. The van der Waals surface area contributed by atoms with E-state index in [-0.39, 0.29) is 5.92 Å². The highest BCUT2D eigenvalue weighted by Gasteiger charge is 2.20. The fourth-order valence-corrected chi connectivity index (χ4v) is 1.45. The molecule has 0 saturated heterocycles. The second-order valence-electron chi connectivity index (χ2n) is 2.91. The van der Waals surface area contributed by atoms with E-state index < -0.39 is 0 Å². The van der Waals surface area contributed by atoms with Gasteiger partial charge in [-0.05, 0) is 12.8 Å². The standard InChI is InChI=1S/C8H9NO2/c10-5-6-1-2-7-4-9-11-8(7)3-6/h4-6H,1-3H2. The first-order valence-electron chi connectivity index (χ1n) is 3.78. The molecule has 1 atom stereocenters. The third-order valence-corrected chi connectivity index (χ3v) is 2.15. The van der Waals surface area contributed by atoms with Crippen molar-refractivity contribution in [2.45, 2.75) is 19.3 Å². The molecule has 1 aliphatic carbocycles. The number of aryl methyl sites for hydroxylation is 1. The monoisotopic (exact) mass is 151 g/mol. The van der Waals surface area contributed by atoms with Crippen molar-refractivity contribution in [2.24, 2.45) is 5.92 Å². The molecule has 58 valence electrons. The van der Waals surface area contributed by atoms with E-state index in [1.165, 1.54) is 5.56 Å². The molecule has 1 aromatic rings. The third-order valence-electron chi connectivity index (χ3n) is 2.15. The van der Waals surface area contributed by atoms with E-state index in [0.29, 0.717) is 0 Å². The fraction of sp³-hybridized carbons (Fsp3) is 0.500. The van der Waals surface area contributed by atoms with Crippen molar-refractivity contribution >= 4 is 6.29 Å². The molecule has 0 amide bonds. The molecule has 1 heterocycles. The number of aromatic nitrogens is 1. The molecule has 3 heteroatoms. The van der Waals surface area contributed by atoms with Crippen LogP contribution in [0.3, 0.4) is 0 Å². The smallest absolute Gasteiger partial charge is 0.140 e. The van der Waals surface area contributed by atoms with Gasteiger partial charge in [0.1, 0.15) is 12.0 Å². The van der Waals surface area contributed by atoms with Crippen molar-refractivity contribution < 1.29 is 9.32 Å². The topological polar surface area (TPSA) is 43.1 Å². The van der Waals surface area contributed by atoms with E-state index in [1.807, 2.05) is 0 Å². The Labute approximate surface area is 64.4 Å². The second kappa shape index (κ2) is 2.49. The number of carbonyl (C=O) groups is 1. The van der Waals surface area contributed by atoms with E-state index in [1.54, 1.807) is 6.20 Å². The summed E-state index contributed by atoms with van der Waals surface area (Å²) in [5, 5.41) is 3.68. The molecule has 0 aromatic carbocycles. The lowest BCUT2D eigenvalue weighted by molar-refractivity contribution is -0.111. The summed E-state index contributed by atoms with van der Waals surface area (Å²) in [5.74, 6) is 1.05. The van der Waals surface area contributed by atoms with Crippen LogP contribution in [-0.2, 0) is 17.6 Å². The van der Waals surface area contributed by atoms with Crippen LogP contribution in [-0.4, -0.2) is 11.4 Å². The Hall–Kier alpha value is -1.12. The molecular formula is C8H9NO2. The van der Waals surface area contributed by atoms with Gasteiger partial charge in [-0.1, -0.05) is 5.16 Å². The van der Waals surface area contributed by atoms with Crippen molar-refractivity contribution in [3.8, 4) is 0 Å². The minimum atomic E-state index is 0.149. The summed E-state index contributed by atoms with van der Waals surface area (Å²) in [6, 6.07) is 0. The zero-order valence-corrected chi connectivity index (χ0v) is 6.12. The van der Waals surface area contributed by atoms with Gasteiger partial charge in [-0.25, -0.2) is 0 Å². The molecule has 1 unspecified atom stereocenters. The maximum absolute atomic E-state index is 10.4. The second-order valence-corrected chi connectivity index (χ2v) is 2.91. The van der Waals surface area contributed by atoms with E-state index in [0.717, 1.165) is 31.3 Å². The lowest BCUT2D eigenvalue weighted by Gasteiger charge is -2.13. The zero-order valence-electron chi connectivity index (χ0n) is 6.12. The Bertz CT molecular complexity index is 267. The van der Waals surface area contributed by atoms with Crippen LogP contribution in [0.25, 0.3) is 0 Å². The van der Waals surface area contributed by atoms with Crippen LogP contribution in [0.15, 0.2) is 10.7 Å². The van der Waals surface area contributed by atoms with Crippen molar-refractivity contribution in [3.05, 3.63) is 17.5 Å². The highest BCUT2D eigenvalue weighted by molar-refractivity contribution is 5.55. The highest BCUT2D eigenvalue weighted by Crippen LogP contribution is 2.23. The minimum Gasteiger partial charge on any atom is -0.361 e. The van der Waals surface area contributed by atoms with Gasteiger partial charge >= 0.3 is 0 Å². The molecule has 1 aliphatic rings. The summed E-state index contributed by atoms with van der Waals surface area (Å²) < 4.78 is 4.98. The molecule has 0 N–H and O–H groups in total. The maximum Gasteiger partial charge on any atom is 0.140 e. The van der Waals surface area contributed by atoms with Gasteiger partial charge in [0.05, 0.1) is 6.20 Å². The SMILES string of the molecule is O=CC1CCc2cnoc2C1. The largest absolute Gasteiger partial charge is 0.361 e. The Morgan fingerprint density at radius 1 is 1.73 bits per heavy atom. The van der Waals surface area contributed by atoms with Crippen molar-refractivity contribution in [3.63, 3.8) is 0 Å². The molecule has 0 spiro atoms.